The predicted octanol–water partition coefficient (Wildman–Crippen LogP) is 4.19. The van der Waals surface area contributed by atoms with Gasteiger partial charge < -0.3 is 15.5 Å². The van der Waals surface area contributed by atoms with Gasteiger partial charge in [-0.2, -0.15) is 5.26 Å². The highest BCUT2D eigenvalue weighted by molar-refractivity contribution is 6.04. The Morgan fingerprint density at radius 1 is 0.966 bits per heavy atom. The zero-order valence-electron chi connectivity index (χ0n) is 16.4. The minimum Gasteiger partial charge on any atom is -0.372 e. The van der Waals surface area contributed by atoms with Gasteiger partial charge in [-0.3, -0.25) is 4.79 Å². The van der Waals surface area contributed by atoms with E-state index in [9.17, 15) is 4.79 Å². The molecule has 0 fully saturated rings. The van der Waals surface area contributed by atoms with E-state index in [-0.39, 0.29) is 5.91 Å². The lowest BCUT2D eigenvalue weighted by Crippen LogP contribution is -2.21. The predicted molar refractivity (Wildman–Crippen MR) is 114 cm³/mol. The number of rotatable bonds is 7. The normalized spacial score (nSPS) is 10.1. The minimum atomic E-state index is -0.273. The fraction of sp³-hybridized carbons (Fsp3) is 0.182. The van der Waals surface area contributed by atoms with E-state index < -0.39 is 0 Å². The van der Waals surface area contributed by atoms with E-state index in [4.69, 9.17) is 5.26 Å². The Labute approximate surface area is 170 Å². The molecule has 3 rings (SSSR count). The molecule has 0 spiro atoms. The number of nitrogens with zero attached hydrogens (tertiary/aromatic N) is 4. The number of nitriles is 1. The highest BCUT2D eigenvalue weighted by atomic mass is 16.1. The van der Waals surface area contributed by atoms with E-state index in [2.05, 4.69) is 45.4 Å². The lowest BCUT2D eigenvalue weighted by atomic mass is 10.2. The third-order valence-electron chi connectivity index (χ3n) is 4.44. The van der Waals surface area contributed by atoms with Crippen molar-refractivity contribution in [3.05, 3.63) is 72.1 Å². The SMILES string of the molecule is CCN(CC)c1ccc(NC(=O)c2cnc(Nc3ccc(C#N)cc3)nc2)cc1. The molecule has 0 unspecified atom stereocenters. The summed E-state index contributed by atoms with van der Waals surface area (Å²) in [6.45, 7) is 6.09. The summed E-state index contributed by atoms with van der Waals surface area (Å²) in [4.78, 5) is 23.0. The smallest absolute Gasteiger partial charge is 0.258 e. The van der Waals surface area contributed by atoms with E-state index >= 15 is 0 Å². The first kappa shape index (κ1) is 19.8. The zero-order chi connectivity index (χ0) is 20.6. The number of anilines is 4. The molecule has 7 heteroatoms. The van der Waals surface area contributed by atoms with Gasteiger partial charge >= 0.3 is 0 Å². The molecule has 146 valence electrons. The summed E-state index contributed by atoms with van der Waals surface area (Å²) in [5.41, 5.74) is 3.53. The maximum atomic E-state index is 12.4. The third kappa shape index (κ3) is 5.08. The topological polar surface area (TPSA) is 93.9 Å². The fourth-order valence-electron chi connectivity index (χ4n) is 2.81. The first-order valence-corrected chi connectivity index (χ1v) is 9.38. The second kappa shape index (κ2) is 9.33. The molecule has 0 aliphatic rings. The maximum Gasteiger partial charge on any atom is 0.258 e. The molecule has 7 nitrogen and oxygen atoms in total. The van der Waals surface area contributed by atoms with Crippen LogP contribution < -0.4 is 15.5 Å². The van der Waals surface area contributed by atoms with Gasteiger partial charge in [-0.15, -0.1) is 0 Å². The average Bonchev–Trinajstić information content (AvgIpc) is 2.77. The van der Waals surface area contributed by atoms with E-state index in [0.29, 0.717) is 22.8 Å². The zero-order valence-corrected chi connectivity index (χ0v) is 16.4. The molecule has 0 aliphatic carbocycles. The Morgan fingerprint density at radius 2 is 1.55 bits per heavy atom. The summed E-state index contributed by atoms with van der Waals surface area (Å²) in [7, 11) is 0. The summed E-state index contributed by atoms with van der Waals surface area (Å²) >= 11 is 0. The van der Waals surface area contributed by atoms with Crippen LogP contribution in [0, 0.1) is 11.3 Å². The van der Waals surface area contributed by atoms with E-state index in [0.717, 1.165) is 24.5 Å². The molecule has 0 saturated carbocycles. The Morgan fingerprint density at radius 3 is 2.10 bits per heavy atom. The Balaban J connectivity index is 1.62. The van der Waals surface area contributed by atoms with Gasteiger partial charge in [-0.1, -0.05) is 0 Å². The van der Waals surface area contributed by atoms with Crippen molar-refractivity contribution in [1.82, 2.24) is 9.97 Å². The van der Waals surface area contributed by atoms with Gasteiger partial charge in [0, 0.05) is 42.5 Å². The molecule has 2 aromatic carbocycles. The molecule has 0 saturated heterocycles. The summed E-state index contributed by atoms with van der Waals surface area (Å²) in [6.07, 6.45) is 2.94. The van der Waals surface area contributed by atoms with Crippen LogP contribution in [-0.2, 0) is 0 Å². The molecule has 1 amide bonds. The van der Waals surface area contributed by atoms with Gasteiger partial charge in [0.15, 0.2) is 0 Å². The van der Waals surface area contributed by atoms with Crippen molar-refractivity contribution in [3.63, 3.8) is 0 Å². The number of amides is 1. The van der Waals surface area contributed by atoms with E-state index in [1.807, 2.05) is 24.3 Å². The summed E-state index contributed by atoms with van der Waals surface area (Å²) in [5.74, 6) is 0.0975. The molecule has 3 aromatic rings. The van der Waals surface area contributed by atoms with Crippen LogP contribution in [0.3, 0.4) is 0 Å². The van der Waals surface area contributed by atoms with Gasteiger partial charge in [0.05, 0.1) is 17.2 Å². The van der Waals surface area contributed by atoms with Crippen LogP contribution in [-0.4, -0.2) is 29.0 Å². The molecule has 0 atom stereocenters. The summed E-state index contributed by atoms with van der Waals surface area (Å²) < 4.78 is 0. The van der Waals surface area contributed by atoms with Crippen LogP contribution in [0.1, 0.15) is 29.8 Å². The quantitative estimate of drug-likeness (QED) is 0.632. The van der Waals surface area contributed by atoms with Crippen molar-refractivity contribution < 1.29 is 4.79 Å². The first-order valence-electron chi connectivity index (χ1n) is 9.38. The molecular formula is C22H22N6O. The molecule has 2 N–H and O–H groups in total. The van der Waals surface area contributed by atoms with Crippen LogP contribution in [0.5, 0.6) is 0 Å². The van der Waals surface area contributed by atoms with Crippen LogP contribution in [0.25, 0.3) is 0 Å². The van der Waals surface area contributed by atoms with Crippen LogP contribution >= 0.6 is 0 Å². The van der Waals surface area contributed by atoms with Crippen molar-refractivity contribution in [1.29, 1.82) is 5.26 Å². The highest BCUT2D eigenvalue weighted by Crippen LogP contribution is 2.18. The van der Waals surface area contributed by atoms with Crippen molar-refractivity contribution in [2.75, 3.05) is 28.6 Å². The molecule has 0 radical (unpaired) electrons. The number of benzene rings is 2. The van der Waals surface area contributed by atoms with Crippen molar-refractivity contribution in [3.8, 4) is 6.07 Å². The first-order chi connectivity index (χ1) is 14.1. The molecule has 0 aliphatic heterocycles. The Hall–Kier alpha value is -3.92. The number of carbonyl (C=O) groups is 1. The minimum absolute atomic E-state index is 0.273. The number of hydrogen-bond donors (Lipinski definition) is 2. The second-order valence-electron chi connectivity index (χ2n) is 6.28. The van der Waals surface area contributed by atoms with Crippen LogP contribution in [0.15, 0.2) is 60.9 Å². The van der Waals surface area contributed by atoms with Crippen molar-refractivity contribution >= 4 is 28.9 Å². The van der Waals surface area contributed by atoms with E-state index in [1.54, 1.807) is 24.3 Å². The van der Waals surface area contributed by atoms with Gasteiger partial charge in [0.2, 0.25) is 5.95 Å². The molecule has 0 bridgehead atoms. The second-order valence-corrected chi connectivity index (χ2v) is 6.28. The molecule has 1 aromatic heterocycles. The van der Waals surface area contributed by atoms with Gasteiger partial charge in [0.25, 0.3) is 5.91 Å². The molecular weight excluding hydrogens is 364 g/mol. The number of nitrogens with one attached hydrogen (secondary N) is 2. The molecule has 29 heavy (non-hydrogen) atoms. The number of carbonyl (C=O) groups excluding carboxylic acids is 1. The van der Waals surface area contributed by atoms with E-state index in [1.165, 1.54) is 12.4 Å². The maximum absolute atomic E-state index is 12.4. The summed E-state index contributed by atoms with van der Waals surface area (Å²) in [5, 5.41) is 14.7. The standard InChI is InChI=1S/C22H22N6O/c1-3-28(4-2)20-11-9-18(10-12-20)26-21(29)17-14-24-22(25-15-17)27-19-7-5-16(13-23)6-8-19/h5-12,14-15H,3-4H2,1-2H3,(H,26,29)(H,24,25,27). The van der Waals surface area contributed by atoms with Crippen LogP contribution in [0.2, 0.25) is 0 Å². The lowest BCUT2D eigenvalue weighted by Gasteiger charge is -2.21. The van der Waals surface area contributed by atoms with Gasteiger partial charge in [0.1, 0.15) is 0 Å². The van der Waals surface area contributed by atoms with Gasteiger partial charge in [-0.05, 0) is 62.4 Å². The number of aromatic nitrogens is 2. The third-order valence-corrected chi connectivity index (χ3v) is 4.44. The monoisotopic (exact) mass is 386 g/mol. The highest BCUT2D eigenvalue weighted by Gasteiger charge is 2.09. The average molecular weight is 386 g/mol. The van der Waals surface area contributed by atoms with Crippen molar-refractivity contribution in [2.24, 2.45) is 0 Å². The van der Waals surface area contributed by atoms with Crippen molar-refractivity contribution in [2.45, 2.75) is 13.8 Å². The Kier molecular flexibility index (Phi) is 6.38. The number of hydrogen-bond acceptors (Lipinski definition) is 6. The largest absolute Gasteiger partial charge is 0.372 e. The van der Waals surface area contributed by atoms with Crippen LogP contribution in [0.4, 0.5) is 23.0 Å². The summed E-state index contributed by atoms with van der Waals surface area (Å²) in [6, 6.07) is 16.8. The Bertz CT molecular complexity index is 987. The lowest BCUT2D eigenvalue weighted by molar-refractivity contribution is 0.102. The van der Waals surface area contributed by atoms with Gasteiger partial charge in [-0.25, -0.2) is 9.97 Å². The molecule has 1 heterocycles. The fourth-order valence-corrected chi connectivity index (χ4v) is 2.81.